The Balaban J connectivity index is 2.06. The Hall–Kier alpha value is -2.40. The van der Waals surface area contributed by atoms with Gasteiger partial charge in [-0.15, -0.1) is 0 Å². The van der Waals surface area contributed by atoms with Crippen LogP contribution in [-0.4, -0.2) is 27.7 Å². The number of aromatic nitrogens is 1. The van der Waals surface area contributed by atoms with Gasteiger partial charge in [-0.2, -0.15) is 0 Å². The highest BCUT2D eigenvalue weighted by Crippen LogP contribution is 2.12. The van der Waals surface area contributed by atoms with Gasteiger partial charge in [0.25, 0.3) is 0 Å². The molecule has 0 aliphatic rings. The van der Waals surface area contributed by atoms with Crippen LogP contribution >= 0.6 is 0 Å². The summed E-state index contributed by atoms with van der Waals surface area (Å²) in [6.45, 7) is 3.33. The second-order valence-corrected chi connectivity index (χ2v) is 5.62. The van der Waals surface area contributed by atoms with E-state index in [0.717, 1.165) is 29.7 Å². The Labute approximate surface area is 142 Å². The highest BCUT2D eigenvalue weighted by Gasteiger charge is 2.16. The van der Waals surface area contributed by atoms with E-state index in [4.69, 9.17) is 9.84 Å². The molecular formula is C19H24N2O3. The van der Waals surface area contributed by atoms with Crippen LogP contribution in [0, 0.1) is 0 Å². The SMILES string of the molecule is CCCCOC(=O)N(Cc1ccc(CO)cc1)Cc1ccccn1. The summed E-state index contributed by atoms with van der Waals surface area (Å²) in [5.74, 6) is 0. The smallest absolute Gasteiger partial charge is 0.410 e. The van der Waals surface area contributed by atoms with Crippen molar-refractivity contribution < 1.29 is 14.6 Å². The molecule has 1 aromatic carbocycles. The summed E-state index contributed by atoms with van der Waals surface area (Å²) in [6, 6.07) is 13.2. The molecule has 1 heterocycles. The Bertz CT molecular complexity index is 614. The molecule has 0 bridgehead atoms. The summed E-state index contributed by atoms with van der Waals surface area (Å²) >= 11 is 0. The van der Waals surface area contributed by atoms with Crippen molar-refractivity contribution in [1.29, 1.82) is 0 Å². The van der Waals surface area contributed by atoms with Crippen LogP contribution in [0.4, 0.5) is 4.79 Å². The third kappa shape index (κ3) is 5.66. The molecule has 2 rings (SSSR count). The summed E-state index contributed by atoms with van der Waals surface area (Å²) in [5, 5.41) is 9.12. The Morgan fingerprint density at radius 3 is 2.50 bits per heavy atom. The number of hydrogen-bond acceptors (Lipinski definition) is 4. The standard InChI is InChI=1S/C19H24N2O3/c1-2-3-12-24-19(23)21(14-18-6-4-5-11-20-18)13-16-7-9-17(15-22)10-8-16/h4-11,22H,2-3,12-15H2,1H3. The van der Waals surface area contributed by atoms with Gasteiger partial charge in [-0.3, -0.25) is 9.88 Å². The molecule has 0 saturated heterocycles. The van der Waals surface area contributed by atoms with Gasteiger partial charge in [0.05, 0.1) is 25.5 Å². The number of carbonyl (C=O) groups excluding carboxylic acids is 1. The highest BCUT2D eigenvalue weighted by atomic mass is 16.6. The molecule has 5 nitrogen and oxygen atoms in total. The van der Waals surface area contributed by atoms with Crippen molar-refractivity contribution in [1.82, 2.24) is 9.88 Å². The minimum Gasteiger partial charge on any atom is -0.449 e. The number of rotatable bonds is 8. The first-order valence-corrected chi connectivity index (χ1v) is 8.23. The summed E-state index contributed by atoms with van der Waals surface area (Å²) < 4.78 is 5.35. The van der Waals surface area contributed by atoms with E-state index in [9.17, 15) is 4.79 Å². The zero-order valence-corrected chi connectivity index (χ0v) is 14.0. The number of unbranched alkanes of at least 4 members (excludes halogenated alkanes) is 1. The van der Waals surface area contributed by atoms with Crippen LogP contribution in [0.5, 0.6) is 0 Å². The predicted molar refractivity (Wildman–Crippen MR) is 92.1 cm³/mol. The van der Waals surface area contributed by atoms with Crippen LogP contribution in [0.2, 0.25) is 0 Å². The molecular weight excluding hydrogens is 304 g/mol. The van der Waals surface area contributed by atoms with Crippen LogP contribution in [0.15, 0.2) is 48.7 Å². The number of aliphatic hydroxyl groups excluding tert-OH is 1. The lowest BCUT2D eigenvalue weighted by molar-refractivity contribution is 0.0953. The zero-order chi connectivity index (χ0) is 17.2. The van der Waals surface area contributed by atoms with Crippen molar-refractivity contribution in [2.75, 3.05) is 6.61 Å². The minimum atomic E-state index is -0.333. The molecule has 1 amide bonds. The lowest BCUT2D eigenvalue weighted by atomic mass is 10.1. The quantitative estimate of drug-likeness (QED) is 0.753. The van der Waals surface area contributed by atoms with E-state index in [2.05, 4.69) is 11.9 Å². The number of aliphatic hydroxyl groups is 1. The molecule has 0 aliphatic heterocycles. The van der Waals surface area contributed by atoms with Gasteiger partial charge in [0.15, 0.2) is 0 Å². The summed E-state index contributed by atoms with van der Waals surface area (Å²) in [4.78, 5) is 18.3. The van der Waals surface area contributed by atoms with Crippen LogP contribution in [0.1, 0.15) is 36.6 Å². The van der Waals surface area contributed by atoms with Crippen molar-refractivity contribution in [3.8, 4) is 0 Å². The molecule has 0 radical (unpaired) electrons. The van der Waals surface area contributed by atoms with Crippen molar-refractivity contribution in [3.05, 3.63) is 65.5 Å². The van der Waals surface area contributed by atoms with E-state index in [0.29, 0.717) is 19.7 Å². The molecule has 5 heteroatoms. The van der Waals surface area contributed by atoms with Crippen molar-refractivity contribution in [2.24, 2.45) is 0 Å². The number of amides is 1. The molecule has 0 saturated carbocycles. The average molecular weight is 328 g/mol. The average Bonchev–Trinajstić information content (AvgIpc) is 2.63. The maximum atomic E-state index is 12.4. The van der Waals surface area contributed by atoms with Gasteiger partial charge < -0.3 is 9.84 Å². The molecule has 0 atom stereocenters. The first-order chi connectivity index (χ1) is 11.7. The van der Waals surface area contributed by atoms with Gasteiger partial charge in [-0.25, -0.2) is 4.79 Å². The van der Waals surface area contributed by atoms with Crippen LogP contribution in [-0.2, 0) is 24.4 Å². The van der Waals surface area contributed by atoms with Crippen LogP contribution in [0.3, 0.4) is 0 Å². The fraction of sp³-hybridized carbons (Fsp3) is 0.368. The second-order valence-electron chi connectivity index (χ2n) is 5.62. The van der Waals surface area contributed by atoms with Gasteiger partial charge in [0.2, 0.25) is 0 Å². The molecule has 1 aromatic heterocycles. The molecule has 24 heavy (non-hydrogen) atoms. The molecule has 0 fully saturated rings. The second kappa shape index (κ2) is 9.67. The Morgan fingerprint density at radius 1 is 1.12 bits per heavy atom. The van der Waals surface area contributed by atoms with E-state index in [-0.39, 0.29) is 12.7 Å². The van der Waals surface area contributed by atoms with Gasteiger partial charge in [-0.1, -0.05) is 43.7 Å². The van der Waals surface area contributed by atoms with E-state index in [1.807, 2.05) is 42.5 Å². The highest BCUT2D eigenvalue weighted by molar-refractivity contribution is 5.67. The van der Waals surface area contributed by atoms with Crippen molar-refractivity contribution in [2.45, 2.75) is 39.5 Å². The fourth-order valence-electron chi connectivity index (χ4n) is 2.24. The van der Waals surface area contributed by atoms with Crippen molar-refractivity contribution >= 4 is 6.09 Å². The molecule has 2 aromatic rings. The fourth-order valence-corrected chi connectivity index (χ4v) is 2.24. The maximum absolute atomic E-state index is 12.4. The van der Waals surface area contributed by atoms with Crippen molar-refractivity contribution in [3.63, 3.8) is 0 Å². The number of pyridine rings is 1. The minimum absolute atomic E-state index is 0.0109. The Morgan fingerprint density at radius 2 is 1.88 bits per heavy atom. The monoisotopic (exact) mass is 328 g/mol. The molecule has 1 N–H and O–H groups in total. The molecule has 128 valence electrons. The maximum Gasteiger partial charge on any atom is 0.410 e. The molecule has 0 aliphatic carbocycles. The molecule has 0 unspecified atom stereocenters. The normalized spacial score (nSPS) is 10.4. The van der Waals surface area contributed by atoms with E-state index >= 15 is 0 Å². The summed E-state index contributed by atoms with van der Waals surface area (Å²) in [6.07, 6.45) is 3.22. The number of carbonyl (C=O) groups is 1. The lowest BCUT2D eigenvalue weighted by Crippen LogP contribution is -2.31. The van der Waals surface area contributed by atoms with E-state index in [1.165, 1.54) is 0 Å². The first kappa shape index (κ1) is 17.9. The molecule has 0 spiro atoms. The number of ether oxygens (including phenoxy) is 1. The van der Waals surface area contributed by atoms with Gasteiger partial charge in [0, 0.05) is 12.7 Å². The number of benzene rings is 1. The summed E-state index contributed by atoms with van der Waals surface area (Å²) in [7, 11) is 0. The van der Waals surface area contributed by atoms with Crippen LogP contribution < -0.4 is 0 Å². The van der Waals surface area contributed by atoms with Crippen LogP contribution in [0.25, 0.3) is 0 Å². The third-order valence-electron chi connectivity index (χ3n) is 3.64. The lowest BCUT2D eigenvalue weighted by Gasteiger charge is -2.22. The predicted octanol–water partition coefficient (Wildman–Crippen LogP) is 3.51. The number of hydrogen-bond donors (Lipinski definition) is 1. The van der Waals surface area contributed by atoms with Gasteiger partial charge in [-0.05, 0) is 29.7 Å². The Kier molecular flexibility index (Phi) is 7.23. The van der Waals surface area contributed by atoms with Gasteiger partial charge >= 0.3 is 6.09 Å². The third-order valence-corrected chi connectivity index (χ3v) is 3.64. The topological polar surface area (TPSA) is 62.7 Å². The summed E-state index contributed by atoms with van der Waals surface area (Å²) in [5.41, 5.74) is 2.65. The number of nitrogens with zero attached hydrogens (tertiary/aromatic N) is 2. The zero-order valence-electron chi connectivity index (χ0n) is 14.0. The van der Waals surface area contributed by atoms with E-state index in [1.54, 1.807) is 11.1 Å². The largest absolute Gasteiger partial charge is 0.449 e. The van der Waals surface area contributed by atoms with Gasteiger partial charge in [0.1, 0.15) is 0 Å². The first-order valence-electron chi connectivity index (χ1n) is 8.23. The van der Waals surface area contributed by atoms with E-state index < -0.39 is 0 Å².